The second-order valence-corrected chi connectivity index (χ2v) is 8.77. The Hall–Kier alpha value is -2.17. The van der Waals surface area contributed by atoms with Crippen molar-refractivity contribution in [3.05, 3.63) is 82.7 Å². The van der Waals surface area contributed by atoms with Crippen LogP contribution in [0.5, 0.6) is 0 Å². The van der Waals surface area contributed by atoms with E-state index in [4.69, 9.17) is 0 Å². The van der Waals surface area contributed by atoms with Gasteiger partial charge in [-0.25, -0.2) is 0 Å². The molecular weight excluding hydrogens is 341 g/mol. The largest absolute Gasteiger partial charge is 0.397 e. The lowest BCUT2D eigenvalue weighted by Crippen LogP contribution is -2.82. The van der Waals surface area contributed by atoms with Gasteiger partial charge in [0.1, 0.15) is 6.20 Å². The molecule has 4 aromatic rings. The summed E-state index contributed by atoms with van der Waals surface area (Å²) in [7, 11) is 0. The van der Waals surface area contributed by atoms with Crippen molar-refractivity contribution in [1.82, 2.24) is 0 Å². The average Bonchev–Trinajstić information content (AvgIpc) is 3.31. The van der Waals surface area contributed by atoms with E-state index in [0.717, 1.165) is 0 Å². The fourth-order valence-electron chi connectivity index (χ4n) is 4.30. The number of hydrogen-bond acceptors (Lipinski definition) is 2. The molecule has 25 heavy (non-hydrogen) atoms. The molecule has 4 heteroatoms. The number of rotatable bonds is 2. The highest BCUT2D eigenvalue weighted by Gasteiger charge is 2.51. The summed E-state index contributed by atoms with van der Waals surface area (Å²) in [5, 5.41) is 5.84. The van der Waals surface area contributed by atoms with Crippen molar-refractivity contribution >= 4 is 45.3 Å². The quantitative estimate of drug-likeness (QED) is 0.426. The Labute approximate surface area is 156 Å². The predicted molar refractivity (Wildman–Crippen MR) is 110 cm³/mol. The fourth-order valence-corrected chi connectivity index (χ4v) is 6.41. The first-order valence-electron chi connectivity index (χ1n) is 8.58. The van der Waals surface area contributed by atoms with Crippen LogP contribution >= 0.6 is 22.7 Å². The Morgan fingerprint density at radius 2 is 1.32 bits per heavy atom. The van der Waals surface area contributed by atoms with Gasteiger partial charge in [0.25, 0.3) is 0 Å². The van der Waals surface area contributed by atoms with Crippen LogP contribution in [0.25, 0.3) is 9.88 Å². The maximum absolute atomic E-state index is 2.53. The van der Waals surface area contributed by atoms with E-state index in [2.05, 4.69) is 89.9 Å². The van der Waals surface area contributed by atoms with E-state index in [-0.39, 0.29) is 0 Å². The molecule has 0 atom stereocenters. The van der Waals surface area contributed by atoms with Crippen LogP contribution in [-0.4, -0.2) is 6.28 Å². The van der Waals surface area contributed by atoms with Crippen LogP contribution < -0.4 is 20.9 Å². The molecule has 1 aliphatic rings. The molecule has 0 saturated carbocycles. The maximum Gasteiger partial charge on any atom is 0.362 e. The molecule has 1 aliphatic heterocycles. The predicted octanol–water partition coefficient (Wildman–Crippen LogP) is 3.21. The molecule has 0 amide bonds. The van der Waals surface area contributed by atoms with Gasteiger partial charge >= 0.3 is 6.28 Å². The monoisotopic (exact) mass is 359 g/mol. The highest BCUT2D eigenvalue weighted by molar-refractivity contribution is 7.24. The third-order valence-corrected chi connectivity index (χ3v) is 7.47. The molecule has 1 nitrogen and oxygen atoms in total. The molecule has 0 N–H and O–H groups in total. The number of fused-ring (bicyclic) bond motifs is 3. The van der Waals surface area contributed by atoms with Gasteiger partial charge in [-0.1, -0.05) is 77.1 Å². The lowest BCUT2D eigenvalue weighted by molar-refractivity contribution is -0.518. The molecular formula is C21H18BNS2. The van der Waals surface area contributed by atoms with Gasteiger partial charge in [-0.05, 0) is 19.2 Å². The normalized spacial score (nSPS) is 14.3. The SMILES string of the molecule is Cc1ccc([B-]2(c3ccc(C)cc3)c3ccsc3-c3scc[n+]32)cc1. The zero-order valence-corrected chi connectivity index (χ0v) is 15.9. The molecule has 3 heterocycles. The van der Waals surface area contributed by atoms with E-state index < -0.39 is 6.28 Å². The summed E-state index contributed by atoms with van der Waals surface area (Å²) in [6.45, 7) is 4.31. The van der Waals surface area contributed by atoms with E-state index in [1.165, 1.54) is 37.4 Å². The van der Waals surface area contributed by atoms with Crippen molar-refractivity contribution in [2.24, 2.45) is 0 Å². The first-order chi connectivity index (χ1) is 12.2. The molecule has 0 bridgehead atoms. The van der Waals surface area contributed by atoms with Crippen molar-refractivity contribution in [3.8, 4) is 9.88 Å². The minimum atomic E-state index is -1.15. The van der Waals surface area contributed by atoms with Crippen molar-refractivity contribution < 1.29 is 4.48 Å². The average molecular weight is 359 g/mol. The van der Waals surface area contributed by atoms with Gasteiger partial charge in [0, 0.05) is 0 Å². The number of benzene rings is 2. The van der Waals surface area contributed by atoms with Crippen LogP contribution in [0.2, 0.25) is 0 Å². The Kier molecular flexibility index (Phi) is 3.28. The van der Waals surface area contributed by atoms with E-state index in [1.54, 1.807) is 0 Å². The zero-order valence-electron chi connectivity index (χ0n) is 14.3. The van der Waals surface area contributed by atoms with Gasteiger partial charge in [0.15, 0.2) is 0 Å². The molecule has 122 valence electrons. The standard InChI is InChI=1S/C21H18BNS2/c1-15-3-7-17(8-4-15)22(18-9-5-16(2)6-10-18)19-11-13-24-20(19)21-23(22)12-14-25-21/h3-14H,1-2H3. The second-order valence-electron chi connectivity index (χ2n) is 6.96. The Morgan fingerprint density at radius 1 is 0.720 bits per heavy atom. The van der Waals surface area contributed by atoms with Crippen molar-refractivity contribution in [2.75, 3.05) is 0 Å². The first kappa shape index (κ1) is 15.1. The second kappa shape index (κ2) is 5.42. The Morgan fingerprint density at radius 3 is 1.92 bits per heavy atom. The van der Waals surface area contributed by atoms with Gasteiger partial charge in [0.05, 0.1) is 10.3 Å². The first-order valence-corrected chi connectivity index (χ1v) is 10.3. The van der Waals surface area contributed by atoms with Crippen LogP contribution in [0.4, 0.5) is 0 Å². The number of thiazole rings is 1. The molecule has 0 spiro atoms. The lowest BCUT2D eigenvalue weighted by atomic mass is 9.25. The number of thiophene rings is 1. The van der Waals surface area contributed by atoms with Gasteiger partial charge in [-0.15, -0.1) is 27.7 Å². The summed E-state index contributed by atoms with van der Waals surface area (Å²) in [5.41, 5.74) is 6.84. The zero-order chi connectivity index (χ0) is 17.0. The highest BCUT2D eigenvalue weighted by atomic mass is 32.1. The van der Waals surface area contributed by atoms with Crippen LogP contribution in [0, 0.1) is 13.8 Å². The number of aromatic nitrogens is 1. The van der Waals surface area contributed by atoms with Crippen LogP contribution in [0.3, 0.4) is 0 Å². The van der Waals surface area contributed by atoms with Gasteiger partial charge in [-0.3, -0.25) is 0 Å². The third-order valence-electron chi connectivity index (χ3n) is 5.51. The van der Waals surface area contributed by atoms with Gasteiger partial charge in [-0.2, -0.15) is 0 Å². The summed E-state index contributed by atoms with van der Waals surface area (Å²) in [6, 6.07) is 20.6. The van der Waals surface area contributed by atoms with E-state index in [1.807, 2.05) is 22.7 Å². The summed E-state index contributed by atoms with van der Waals surface area (Å²) < 4.78 is 2.53. The minimum Gasteiger partial charge on any atom is -0.397 e. The van der Waals surface area contributed by atoms with Crippen LogP contribution in [-0.2, 0) is 0 Å². The van der Waals surface area contributed by atoms with Crippen LogP contribution in [0.1, 0.15) is 11.1 Å². The molecule has 5 rings (SSSR count). The third kappa shape index (κ3) is 1.98. The summed E-state index contributed by atoms with van der Waals surface area (Å²) in [4.78, 5) is 1.43. The Balaban J connectivity index is 1.91. The smallest absolute Gasteiger partial charge is 0.362 e. The molecule has 2 aromatic carbocycles. The van der Waals surface area contributed by atoms with Crippen LogP contribution in [0.15, 0.2) is 71.6 Å². The van der Waals surface area contributed by atoms with E-state index >= 15 is 0 Å². The maximum atomic E-state index is 2.53. The van der Waals surface area contributed by atoms with Gasteiger partial charge < -0.3 is 4.48 Å². The molecule has 0 saturated heterocycles. The summed E-state index contributed by atoms with van der Waals surface area (Å²) in [6.07, 6.45) is 1.12. The molecule has 2 aromatic heterocycles. The Bertz CT molecular complexity index is 970. The van der Waals surface area contributed by atoms with Crippen molar-refractivity contribution in [2.45, 2.75) is 13.8 Å². The molecule has 0 radical (unpaired) electrons. The van der Waals surface area contributed by atoms with E-state index in [0.29, 0.717) is 0 Å². The molecule has 0 unspecified atom stereocenters. The lowest BCUT2D eigenvalue weighted by Gasteiger charge is -2.32. The summed E-state index contributed by atoms with van der Waals surface area (Å²) in [5.74, 6) is 0. The minimum absolute atomic E-state index is 1.15. The van der Waals surface area contributed by atoms with Crippen molar-refractivity contribution in [1.29, 1.82) is 0 Å². The van der Waals surface area contributed by atoms with Gasteiger partial charge in [0.2, 0.25) is 5.01 Å². The molecule has 0 fully saturated rings. The number of aryl methyl sites for hydroxylation is 2. The highest BCUT2D eigenvalue weighted by Crippen LogP contribution is 2.32. The van der Waals surface area contributed by atoms with E-state index in [9.17, 15) is 0 Å². The topological polar surface area (TPSA) is 3.88 Å². The number of nitrogens with zero attached hydrogens (tertiary/aromatic N) is 1. The number of hydrogen-bond donors (Lipinski definition) is 0. The van der Waals surface area contributed by atoms with Crippen molar-refractivity contribution in [3.63, 3.8) is 0 Å². The summed E-state index contributed by atoms with van der Waals surface area (Å²) >= 11 is 3.71. The fraction of sp³-hybridized carbons (Fsp3) is 0.0952. The molecule has 0 aliphatic carbocycles.